The van der Waals surface area contributed by atoms with Crippen molar-refractivity contribution in [2.24, 2.45) is 0 Å². The van der Waals surface area contributed by atoms with E-state index in [1.807, 2.05) is 12.1 Å². The molecule has 0 aromatic heterocycles. The smallest absolute Gasteiger partial charge is 0.336 e. The van der Waals surface area contributed by atoms with E-state index in [-0.39, 0.29) is 18.1 Å². The highest BCUT2D eigenvalue weighted by Gasteiger charge is 2.11. The third kappa shape index (κ3) is 4.48. The Labute approximate surface area is 162 Å². The van der Waals surface area contributed by atoms with Gasteiger partial charge in [-0.25, -0.2) is 4.79 Å². The number of anilines is 1. The maximum Gasteiger partial charge on any atom is 0.336 e. The number of rotatable bonds is 7. The Morgan fingerprint density at radius 2 is 1.61 bits per heavy atom. The van der Waals surface area contributed by atoms with Crippen LogP contribution in [0.4, 0.5) is 5.69 Å². The van der Waals surface area contributed by atoms with Crippen LogP contribution in [-0.4, -0.2) is 24.1 Å². The molecule has 0 aliphatic rings. The molecular weight excluding hydrogens is 358 g/mol. The molecule has 0 saturated carbocycles. The van der Waals surface area contributed by atoms with Gasteiger partial charge in [-0.05, 0) is 42.5 Å². The number of carboxylic acids is 1. The van der Waals surface area contributed by atoms with Crippen LogP contribution in [0.2, 0.25) is 0 Å². The Morgan fingerprint density at radius 1 is 0.929 bits per heavy atom. The van der Waals surface area contributed by atoms with Crippen LogP contribution >= 0.6 is 0 Å². The van der Waals surface area contributed by atoms with Gasteiger partial charge in [-0.3, -0.25) is 4.79 Å². The lowest BCUT2D eigenvalue weighted by Gasteiger charge is -2.11. The number of para-hydroxylation sites is 2. The number of benzene rings is 3. The molecule has 0 bridgehead atoms. The van der Waals surface area contributed by atoms with Crippen LogP contribution in [0.15, 0.2) is 72.8 Å². The molecule has 3 aromatic rings. The molecule has 6 nitrogen and oxygen atoms in total. The summed E-state index contributed by atoms with van der Waals surface area (Å²) >= 11 is 0. The number of amides is 1. The van der Waals surface area contributed by atoms with Crippen molar-refractivity contribution in [2.75, 3.05) is 12.4 Å². The van der Waals surface area contributed by atoms with Gasteiger partial charge in [0.25, 0.3) is 5.91 Å². The average molecular weight is 377 g/mol. The van der Waals surface area contributed by atoms with Crippen LogP contribution in [0, 0.1) is 0 Å². The van der Waals surface area contributed by atoms with E-state index in [1.165, 1.54) is 6.07 Å². The van der Waals surface area contributed by atoms with E-state index in [0.717, 1.165) is 0 Å². The van der Waals surface area contributed by atoms with E-state index in [9.17, 15) is 14.7 Å². The number of nitrogens with one attached hydrogen (secondary N) is 1. The van der Waals surface area contributed by atoms with Crippen LogP contribution in [0.25, 0.3) is 0 Å². The molecule has 6 heteroatoms. The molecule has 2 N–H and O–H groups in total. The quantitative estimate of drug-likeness (QED) is 0.644. The second-order valence-electron chi connectivity index (χ2n) is 5.93. The number of methoxy groups -OCH3 is 1. The van der Waals surface area contributed by atoms with Crippen molar-refractivity contribution in [3.05, 3.63) is 89.5 Å². The molecule has 3 rings (SSSR count). The molecule has 142 valence electrons. The fraction of sp³-hybridized carbons (Fsp3) is 0.0909. The largest absolute Gasteiger partial charge is 0.495 e. The minimum atomic E-state index is -0.998. The minimum absolute atomic E-state index is 0.120. The Morgan fingerprint density at radius 3 is 2.32 bits per heavy atom. The summed E-state index contributed by atoms with van der Waals surface area (Å²) in [4.78, 5) is 23.7. The third-order valence-corrected chi connectivity index (χ3v) is 4.11. The number of hydrogen-bond acceptors (Lipinski definition) is 4. The Balaban J connectivity index is 1.65. The lowest BCUT2D eigenvalue weighted by atomic mass is 10.1. The van der Waals surface area contributed by atoms with Crippen LogP contribution in [-0.2, 0) is 6.61 Å². The zero-order valence-corrected chi connectivity index (χ0v) is 15.2. The van der Waals surface area contributed by atoms with Gasteiger partial charge in [-0.1, -0.05) is 30.3 Å². The number of carbonyl (C=O) groups is 2. The lowest BCUT2D eigenvalue weighted by molar-refractivity contribution is 0.0693. The first-order chi connectivity index (χ1) is 13.6. The van der Waals surface area contributed by atoms with Gasteiger partial charge in [0.15, 0.2) is 0 Å². The highest BCUT2D eigenvalue weighted by Crippen LogP contribution is 2.24. The van der Waals surface area contributed by atoms with Gasteiger partial charge in [0.1, 0.15) is 18.1 Å². The zero-order chi connectivity index (χ0) is 19.9. The van der Waals surface area contributed by atoms with Crippen LogP contribution in [0.1, 0.15) is 26.3 Å². The van der Waals surface area contributed by atoms with Gasteiger partial charge in [-0.15, -0.1) is 0 Å². The fourth-order valence-electron chi connectivity index (χ4n) is 2.66. The highest BCUT2D eigenvalue weighted by atomic mass is 16.5. The van der Waals surface area contributed by atoms with Crippen molar-refractivity contribution in [2.45, 2.75) is 6.61 Å². The Bertz CT molecular complexity index is 982. The molecule has 0 spiro atoms. The standard InChI is InChI=1S/C22H19NO5/c1-27-20-9-5-4-8-19(20)23-21(24)15-10-12-17(13-11-15)28-14-16-6-2-3-7-18(16)22(25)26/h2-13H,14H2,1H3,(H,23,24)(H,25,26). The summed E-state index contributed by atoms with van der Waals surface area (Å²) < 4.78 is 10.9. The van der Waals surface area contributed by atoms with Crippen molar-refractivity contribution in [1.82, 2.24) is 0 Å². The van der Waals surface area contributed by atoms with Crippen LogP contribution < -0.4 is 14.8 Å². The van der Waals surface area contributed by atoms with Crippen LogP contribution in [0.5, 0.6) is 11.5 Å². The Hall–Kier alpha value is -3.80. The number of ether oxygens (including phenoxy) is 2. The summed E-state index contributed by atoms with van der Waals surface area (Å²) in [6.45, 7) is 0.120. The zero-order valence-electron chi connectivity index (χ0n) is 15.2. The van der Waals surface area contributed by atoms with E-state index < -0.39 is 5.97 Å². The van der Waals surface area contributed by atoms with Gasteiger partial charge in [0.05, 0.1) is 18.4 Å². The average Bonchev–Trinajstić information content (AvgIpc) is 2.73. The first-order valence-corrected chi connectivity index (χ1v) is 8.57. The monoisotopic (exact) mass is 377 g/mol. The van der Waals surface area contributed by atoms with Gasteiger partial charge in [-0.2, -0.15) is 0 Å². The molecule has 0 atom stereocenters. The van der Waals surface area contributed by atoms with Gasteiger partial charge >= 0.3 is 5.97 Å². The molecule has 0 radical (unpaired) electrons. The lowest BCUT2D eigenvalue weighted by Crippen LogP contribution is -2.12. The molecular formula is C22H19NO5. The molecule has 0 heterocycles. The van der Waals surface area contributed by atoms with E-state index in [4.69, 9.17) is 9.47 Å². The van der Waals surface area contributed by atoms with Gasteiger partial charge < -0.3 is 19.9 Å². The number of hydrogen-bond donors (Lipinski definition) is 2. The molecule has 0 fully saturated rings. The molecule has 1 amide bonds. The molecule has 0 aliphatic carbocycles. The first kappa shape index (κ1) is 19.0. The SMILES string of the molecule is COc1ccccc1NC(=O)c1ccc(OCc2ccccc2C(=O)O)cc1. The minimum Gasteiger partial charge on any atom is -0.495 e. The van der Waals surface area contributed by atoms with Crippen molar-refractivity contribution in [3.8, 4) is 11.5 Å². The normalized spacial score (nSPS) is 10.2. The van der Waals surface area contributed by atoms with Gasteiger partial charge in [0, 0.05) is 11.1 Å². The second kappa shape index (κ2) is 8.73. The summed E-state index contributed by atoms with van der Waals surface area (Å²) in [7, 11) is 1.54. The van der Waals surface area contributed by atoms with Gasteiger partial charge in [0.2, 0.25) is 0 Å². The maximum atomic E-state index is 12.4. The van der Waals surface area contributed by atoms with Crippen LogP contribution in [0.3, 0.4) is 0 Å². The van der Waals surface area contributed by atoms with E-state index in [2.05, 4.69) is 5.32 Å². The molecule has 0 saturated heterocycles. The predicted molar refractivity (Wildman–Crippen MR) is 105 cm³/mol. The van der Waals surface area contributed by atoms with E-state index >= 15 is 0 Å². The third-order valence-electron chi connectivity index (χ3n) is 4.11. The first-order valence-electron chi connectivity index (χ1n) is 8.57. The summed E-state index contributed by atoms with van der Waals surface area (Å²) in [6, 6.07) is 20.4. The van der Waals surface area contributed by atoms with Crippen molar-refractivity contribution in [3.63, 3.8) is 0 Å². The maximum absolute atomic E-state index is 12.4. The fourth-order valence-corrected chi connectivity index (χ4v) is 2.66. The summed E-state index contributed by atoms with van der Waals surface area (Å²) in [5.74, 6) is -0.156. The molecule has 28 heavy (non-hydrogen) atoms. The Kier molecular flexibility index (Phi) is 5.91. The molecule has 0 aliphatic heterocycles. The second-order valence-corrected chi connectivity index (χ2v) is 5.93. The summed E-state index contributed by atoms with van der Waals surface area (Å²) in [6.07, 6.45) is 0. The predicted octanol–water partition coefficient (Wildman–Crippen LogP) is 4.22. The number of carbonyl (C=O) groups excluding carboxylic acids is 1. The molecule has 0 unspecified atom stereocenters. The molecule has 3 aromatic carbocycles. The van der Waals surface area contributed by atoms with Crippen molar-refractivity contribution >= 4 is 17.6 Å². The van der Waals surface area contributed by atoms with E-state index in [0.29, 0.717) is 28.3 Å². The number of aromatic carboxylic acids is 1. The summed E-state index contributed by atoms with van der Waals surface area (Å²) in [5, 5.41) is 12.0. The summed E-state index contributed by atoms with van der Waals surface area (Å²) in [5.41, 5.74) is 1.83. The highest BCUT2D eigenvalue weighted by molar-refractivity contribution is 6.05. The van der Waals surface area contributed by atoms with Crippen molar-refractivity contribution in [1.29, 1.82) is 0 Å². The topological polar surface area (TPSA) is 84.9 Å². The number of carboxylic acid groups (broad SMARTS) is 1. The van der Waals surface area contributed by atoms with Crippen molar-refractivity contribution < 1.29 is 24.2 Å². The van der Waals surface area contributed by atoms with E-state index in [1.54, 1.807) is 61.7 Å².